The molecule has 1 aliphatic rings. The molecule has 1 heterocycles. The van der Waals surface area contributed by atoms with Gasteiger partial charge in [0, 0.05) is 38.4 Å². The molecule has 0 spiro atoms. The van der Waals surface area contributed by atoms with Crippen LogP contribution in [0.5, 0.6) is 0 Å². The first-order chi connectivity index (χ1) is 10.5. The first-order valence-electron chi connectivity index (χ1n) is 7.82. The molecule has 1 unspecified atom stereocenters. The maximum Gasteiger partial charge on any atom is 0.122 e. The maximum atomic E-state index is 10.1. The Morgan fingerprint density at radius 3 is 2.45 bits per heavy atom. The minimum atomic E-state index is -0.618. The standard InChI is InChI=1S/C18H26N2O2/c1-4-18(2,3)22-15-17(21)14-19-10-12-20(13-11-19)16-8-6-5-7-9-16/h1,5-9,17,21H,10-15H2,2-3H3. The fourth-order valence-corrected chi connectivity index (χ4v) is 2.52. The summed E-state index contributed by atoms with van der Waals surface area (Å²) < 4.78 is 5.55. The molecule has 1 atom stereocenters. The summed E-state index contributed by atoms with van der Waals surface area (Å²) in [6, 6.07) is 10.4. The van der Waals surface area contributed by atoms with Crippen molar-refractivity contribution in [3.8, 4) is 12.3 Å². The van der Waals surface area contributed by atoms with Gasteiger partial charge in [-0.3, -0.25) is 4.90 Å². The van der Waals surface area contributed by atoms with Crippen LogP contribution < -0.4 is 4.90 Å². The number of aliphatic hydroxyl groups excluding tert-OH is 1. The van der Waals surface area contributed by atoms with Crippen molar-refractivity contribution in [1.29, 1.82) is 0 Å². The molecule has 0 aromatic heterocycles. The van der Waals surface area contributed by atoms with E-state index >= 15 is 0 Å². The van der Waals surface area contributed by atoms with Crippen molar-refractivity contribution >= 4 is 5.69 Å². The third-order valence-electron chi connectivity index (χ3n) is 3.95. The zero-order valence-corrected chi connectivity index (χ0v) is 13.5. The van der Waals surface area contributed by atoms with Crippen LogP contribution in [0.25, 0.3) is 0 Å². The lowest BCUT2D eigenvalue weighted by molar-refractivity contribution is -0.0376. The van der Waals surface area contributed by atoms with Gasteiger partial charge in [0.1, 0.15) is 5.60 Å². The second-order valence-corrected chi connectivity index (χ2v) is 6.24. The fraction of sp³-hybridized carbons (Fsp3) is 0.556. The Bertz CT molecular complexity index is 488. The number of rotatable bonds is 6. The van der Waals surface area contributed by atoms with E-state index in [2.05, 4.69) is 40.0 Å². The van der Waals surface area contributed by atoms with Gasteiger partial charge >= 0.3 is 0 Å². The van der Waals surface area contributed by atoms with E-state index in [-0.39, 0.29) is 6.61 Å². The van der Waals surface area contributed by atoms with E-state index in [1.54, 1.807) is 0 Å². The fourth-order valence-electron chi connectivity index (χ4n) is 2.52. The quantitative estimate of drug-likeness (QED) is 0.810. The van der Waals surface area contributed by atoms with Gasteiger partial charge in [-0.05, 0) is 26.0 Å². The van der Waals surface area contributed by atoms with E-state index in [9.17, 15) is 5.11 Å². The summed E-state index contributed by atoms with van der Waals surface area (Å²) >= 11 is 0. The van der Waals surface area contributed by atoms with E-state index in [0.29, 0.717) is 6.54 Å². The monoisotopic (exact) mass is 302 g/mol. The predicted octanol–water partition coefficient (Wildman–Crippen LogP) is 1.60. The van der Waals surface area contributed by atoms with Crippen LogP contribution in [0, 0.1) is 12.3 Å². The summed E-state index contributed by atoms with van der Waals surface area (Å²) in [7, 11) is 0. The Balaban J connectivity index is 1.72. The Hall–Kier alpha value is -1.54. The lowest BCUT2D eigenvalue weighted by Gasteiger charge is -2.37. The largest absolute Gasteiger partial charge is 0.389 e. The molecule has 0 amide bonds. The number of nitrogens with zero attached hydrogens (tertiary/aromatic N) is 2. The molecule has 1 fully saturated rings. The Morgan fingerprint density at radius 1 is 1.23 bits per heavy atom. The third kappa shape index (κ3) is 5.03. The number of para-hydroxylation sites is 1. The van der Waals surface area contributed by atoms with E-state index < -0.39 is 11.7 Å². The van der Waals surface area contributed by atoms with Crippen LogP contribution in [0.3, 0.4) is 0 Å². The van der Waals surface area contributed by atoms with Crippen molar-refractivity contribution in [2.75, 3.05) is 44.2 Å². The first kappa shape index (κ1) is 16.8. The van der Waals surface area contributed by atoms with Crippen molar-refractivity contribution in [3.63, 3.8) is 0 Å². The molecule has 1 N–H and O–H groups in total. The van der Waals surface area contributed by atoms with Gasteiger partial charge in [0.15, 0.2) is 0 Å². The number of terminal acetylenes is 1. The summed E-state index contributed by atoms with van der Waals surface area (Å²) in [6.45, 7) is 8.42. The molecular formula is C18H26N2O2. The smallest absolute Gasteiger partial charge is 0.122 e. The van der Waals surface area contributed by atoms with Crippen molar-refractivity contribution in [2.45, 2.75) is 25.6 Å². The highest BCUT2D eigenvalue weighted by molar-refractivity contribution is 5.46. The van der Waals surface area contributed by atoms with Crippen molar-refractivity contribution in [3.05, 3.63) is 30.3 Å². The predicted molar refractivity (Wildman–Crippen MR) is 90.0 cm³/mol. The average molecular weight is 302 g/mol. The molecular weight excluding hydrogens is 276 g/mol. The second-order valence-electron chi connectivity index (χ2n) is 6.24. The molecule has 1 saturated heterocycles. The maximum absolute atomic E-state index is 10.1. The highest BCUT2D eigenvalue weighted by Gasteiger charge is 2.21. The number of β-amino-alcohol motifs (C(OH)–C–C–N with tert-alkyl or cyclic N) is 1. The van der Waals surface area contributed by atoms with Crippen LogP contribution in [-0.2, 0) is 4.74 Å². The molecule has 1 aliphatic heterocycles. The Morgan fingerprint density at radius 2 is 1.86 bits per heavy atom. The molecule has 1 aromatic rings. The summed E-state index contributed by atoms with van der Waals surface area (Å²) in [5.41, 5.74) is 0.647. The number of hydrogen-bond donors (Lipinski definition) is 1. The summed E-state index contributed by atoms with van der Waals surface area (Å²) in [5.74, 6) is 2.57. The molecule has 22 heavy (non-hydrogen) atoms. The number of piperazine rings is 1. The number of ether oxygens (including phenoxy) is 1. The van der Waals surface area contributed by atoms with Gasteiger partial charge < -0.3 is 14.7 Å². The molecule has 0 saturated carbocycles. The number of hydrogen-bond acceptors (Lipinski definition) is 4. The van der Waals surface area contributed by atoms with Gasteiger partial charge in [-0.15, -0.1) is 6.42 Å². The zero-order valence-electron chi connectivity index (χ0n) is 13.5. The van der Waals surface area contributed by atoms with Crippen LogP contribution in [0.2, 0.25) is 0 Å². The molecule has 0 radical (unpaired) electrons. The first-order valence-corrected chi connectivity index (χ1v) is 7.82. The van der Waals surface area contributed by atoms with Gasteiger partial charge in [-0.2, -0.15) is 0 Å². The highest BCUT2D eigenvalue weighted by atomic mass is 16.5. The zero-order chi connectivity index (χ0) is 16.0. The van der Waals surface area contributed by atoms with Gasteiger partial charge in [0.05, 0.1) is 12.7 Å². The number of anilines is 1. The molecule has 4 nitrogen and oxygen atoms in total. The average Bonchev–Trinajstić information content (AvgIpc) is 2.55. The lowest BCUT2D eigenvalue weighted by atomic mass is 10.1. The summed E-state index contributed by atoms with van der Waals surface area (Å²) in [4.78, 5) is 4.65. The topological polar surface area (TPSA) is 35.9 Å². The van der Waals surface area contributed by atoms with Gasteiger partial charge in [0.25, 0.3) is 0 Å². The van der Waals surface area contributed by atoms with Crippen molar-refractivity contribution in [1.82, 2.24) is 4.90 Å². The normalized spacial score (nSPS) is 18.0. The van der Waals surface area contributed by atoms with Crippen LogP contribution in [0.1, 0.15) is 13.8 Å². The summed E-state index contributed by atoms with van der Waals surface area (Å²) in [6.07, 6.45) is 4.87. The van der Waals surface area contributed by atoms with Gasteiger partial charge in [-0.25, -0.2) is 0 Å². The Kier molecular flexibility index (Phi) is 5.84. The van der Waals surface area contributed by atoms with E-state index in [4.69, 9.17) is 11.2 Å². The molecule has 0 aliphatic carbocycles. The van der Waals surface area contributed by atoms with E-state index in [1.165, 1.54) is 5.69 Å². The third-order valence-corrected chi connectivity index (χ3v) is 3.95. The van der Waals surface area contributed by atoms with Crippen LogP contribution in [0.15, 0.2) is 30.3 Å². The SMILES string of the molecule is C#CC(C)(C)OCC(O)CN1CCN(c2ccccc2)CC1. The minimum absolute atomic E-state index is 0.274. The minimum Gasteiger partial charge on any atom is -0.389 e. The second kappa shape index (κ2) is 7.64. The Labute approximate surface area is 133 Å². The van der Waals surface area contributed by atoms with Gasteiger partial charge in [0.2, 0.25) is 0 Å². The number of aliphatic hydroxyl groups is 1. The number of benzene rings is 1. The molecule has 2 rings (SSSR count). The van der Waals surface area contributed by atoms with E-state index in [0.717, 1.165) is 26.2 Å². The van der Waals surface area contributed by atoms with Crippen LogP contribution >= 0.6 is 0 Å². The molecule has 4 heteroatoms. The van der Waals surface area contributed by atoms with Crippen molar-refractivity contribution < 1.29 is 9.84 Å². The molecule has 120 valence electrons. The molecule has 1 aromatic carbocycles. The lowest BCUT2D eigenvalue weighted by Crippen LogP contribution is -2.49. The summed E-state index contributed by atoms with van der Waals surface area (Å²) in [5, 5.41) is 10.1. The van der Waals surface area contributed by atoms with Crippen molar-refractivity contribution in [2.24, 2.45) is 0 Å². The van der Waals surface area contributed by atoms with Crippen LogP contribution in [-0.4, -0.2) is 61.0 Å². The van der Waals surface area contributed by atoms with E-state index in [1.807, 2.05) is 19.9 Å². The molecule has 0 bridgehead atoms. The van der Waals surface area contributed by atoms with Gasteiger partial charge in [-0.1, -0.05) is 24.1 Å². The van der Waals surface area contributed by atoms with Crippen LogP contribution in [0.4, 0.5) is 5.69 Å². The highest BCUT2D eigenvalue weighted by Crippen LogP contribution is 2.15.